The average molecular weight is 367 g/mol. The Morgan fingerprint density at radius 2 is 1.75 bits per heavy atom. The van der Waals surface area contributed by atoms with Crippen molar-refractivity contribution in [1.29, 1.82) is 0 Å². The van der Waals surface area contributed by atoms with Gasteiger partial charge < -0.3 is 15.2 Å². The van der Waals surface area contributed by atoms with Crippen molar-refractivity contribution in [3.8, 4) is 0 Å². The summed E-state index contributed by atoms with van der Waals surface area (Å²) < 4.78 is 36.1. The second-order valence-electron chi connectivity index (χ2n) is 7.75. The summed E-state index contributed by atoms with van der Waals surface area (Å²) >= 11 is 0. The lowest BCUT2D eigenvalue weighted by Crippen LogP contribution is -2.42. The topological polar surface area (TPSA) is 108 Å². The lowest BCUT2D eigenvalue weighted by molar-refractivity contribution is -0.153. The van der Waals surface area contributed by atoms with Crippen molar-refractivity contribution in [3.05, 3.63) is 0 Å². The molecular formula is C16H34N2O5S. The highest BCUT2D eigenvalue weighted by molar-refractivity contribution is 7.88. The number of carbonyl (C=O) groups is 1. The Hall–Kier alpha value is -0.700. The third kappa shape index (κ3) is 11.0. The molecule has 0 rings (SSSR count). The van der Waals surface area contributed by atoms with Gasteiger partial charge in [-0.15, -0.1) is 0 Å². The van der Waals surface area contributed by atoms with Crippen LogP contribution in [-0.2, 0) is 24.3 Å². The number of esters is 1. The third-order valence-electron chi connectivity index (χ3n) is 3.63. The maximum absolute atomic E-state index is 11.9. The molecule has 3 N–H and O–H groups in total. The van der Waals surface area contributed by atoms with E-state index < -0.39 is 28.1 Å². The second-order valence-corrected chi connectivity index (χ2v) is 9.59. The molecule has 0 aromatic carbocycles. The van der Waals surface area contributed by atoms with Crippen LogP contribution in [0, 0.1) is 11.3 Å². The van der Waals surface area contributed by atoms with Gasteiger partial charge in [-0.05, 0) is 24.7 Å². The molecule has 7 nitrogen and oxygen atoms in total. The van der Waals surface area contributed by atoms with Gasteiger partial charge in [0.1, 0.15) is 18.8 Å². The molecule has 0 aliphatic carbocycles. The van der Waals surface area contributed by atoms with Crippen molar-refractivity contribution in [2.45, 2.75) is 66.2 Å². The van der Waals surface area contributed by atoms with Crippen molar-refractivity contribution < 1.29 is 22.7 Å². The molecule has 24 heavy (non-hydrogen) atoms. The van der Waals surface area contributed by atoms with Gasteiger partial charge >= 0.3 is 5.97 Å². The molecule has 0 radical (unpaired) electrons. The number of rotatable bonds is 10. The standard InChI is InChI=1S/C16H34N2O5S/c1-11(2)8-14(17)15(19)22-10-13(9-18-24(7,20)21)23-12(3)16(4,5)6/h11-14,18H,8-10,17H2,1-7H3/t12-,13-,14-/m0/s1. The maximum atomic E-state index is 11.9. The van der Waals surface area contributed by atoms with Gasteiger partial charge in [-0.2, -0.15) is 0 Å². The van der Waals surface area contributed by atoms with Crippen LogP contribution in [0.25, 0.3) is 0 Å². The van der Waals surface area contributed by atoms with Gasteiger partial charge in [0.05, 0.1) is 12.4 Å². The fourth-order valence-corrected chi connectivity index (χ4v) is 2.26. The summed E-state index contributed by atoms with van der Waals surface area (Å²) in [6.07, 6.45) is 0.877. The Kier molecular flexibility index (Phi) is 9.41. The summed E-state index contributed by atoms with van der Waals surface area (Å²) in [6.45, 7) is 11.9. The minimum Gasteiger partial charge on any atom is -0.462 e. The Morgan fingerprint density at radius 1 is 1.21 bits per heavy atom. The van der Waals surface area contributed by atoms with Crippen molar-refractivity contribution in [2.75, 3.05) is 19.4 Å². The molecule has 144 valence electrons. The van der Waals surface area contributed by atoms with E-state index in [1.54, 1.807) is 0 Å². The van der Waals surface area contributed by atoms with Crippen molar-refractivity contribution in [1.82, 2.24) is 4.72 Å². The SMILES string of the molecule is CC(C)C[C@H](N)C(=O)OC[C@H](CNS(C)(=O)=O)O[C@@H](C)C(C)(C)C. The summed E-state index contributed by atoms with van der Waals surface area (Å²) in [5, 5.41) is 0. The minimum atomic E-state index is -3.36. The quantitative estimate of drug-likeness (QED) is 0.564. The third-order valence-corrected chi connectivity index (χ3v) is 4.32. The number of ether oxygens (including phenoxy) is 2. The minimum absolute atomic E-state index is 0.0337. The van der Waals surface area contributed by atoms with E-state index in [4.69, 9.17) is 15.2 Å². The van der Waals surface area contributed by atoms with E-state index >= 15 is 0 Å². The number of hydrogen-bond donors (Lipinski definition) is 2. The molecule has 0 fully saturated rings. The first kappa shape index (κ1) is 23.3. The molecule has 0 bridgehead atoms. The predicted octanol–water partition coefficient (Wildman–Crippen LogP) is 1.27. The summed E-state index contributed by atoms with van der Waals surface area (Å²) in [6, 6.07) is -0.687. The van der Waals surface area contributed by atoms with Crippen molar-refractivity contribution in [3.63, 3.8) is 0 Å². The molecule has 8 heteroatoms. The Morgan fingerprint density at radius 3 is 2.17 bits per heavy atom. The van der Waals surface area contributed by atoms with Gasteiger partial charge in [0, 0.05) is 6.54 Å². The van der Waals surface area contributed by atoms with Crippen LogP contribution in [-0.4, -0.2) is 52.0 Å². The van der Waals surface area contributed by atoms with E-state index in [0.717, 1.165) is 6.26 Å². The van der Waals surface area contributed by atoms with Gasteiger partial charge in [0.2, 0.25) is 10.0 Å². The maximum Gasteiger partial charge on any atom is 0.323 e. The lowest BCUT2D eigenvalue weighted by atomic mass is 9.90. The van der Waals surface area contributed by atoms with Crippen LogP contribution in [0.2, 0.25) is 0 Å². The zero-order valence-electron chi connectivity index (χ0n) is 16.0. The normalized spacial score (nSPS) is 16.7. The van der Waals surface area contributed by atoms with E-state index in [1.165, 1.54) is 0 Å². The summed E-state index contributed by atoms with van der Waals surface area (Å²) in [7, 11) is -3.36. The molecule has 0 spiro atoms. The molecular weight excluding hydrogens is 332 g/mol. The first-order chi connectivity index (χ1) is 10.7. The van der Waals surface area contributed by atoms with Crippen molar-refractivity contribution in [2.24, 2.45) is 17.1 Å². The molecule has 0 aromatic heterocycles. The second kappa shape index (κ2) is 9.70. The zero-order valence-corrected chi connectivity index (χ0v) is 16.8. The number of nitrogens with two attached hydrogens (primary N) is 1. The zero-order chi connectivity index (χ0) is 19.1. The van der Waals surface area contributed by atoms with Crippen LogP contribution in [0.4, 0.5) is 0 Å². The first-order valence-electron chi connectivity index (χ1n) is 8.24. The largest absolute Gasteiger partial charge is 0.462 e. The van der Waals surface area contributed by atoms with Crippen LogP contribution < -0.4 is 10.5 Å². The van der Waals surface area contributed by atoms with E-state index in [9.17, 15) is 13.2 Å². The molecule has 3 atom stereocenters. The Bertz CT molecular complexity index is 485. The molecule has 0 aliphatic heterocycles. The molecule has 0 aromatic rings. The summed E-state index contributed by atoms with van der Waals surface area (Å²) in [5.74, 6) is -0.215. The number of nitrogens with one attached hydrogen (secondary N) is 1. The average Bonchev–Trinajstić information content (AvgIpc) is 2.38. The van der Waals surface area contributed by atoms with Gasteiger partial charge in [0.15, 0.2) is 0 Å². The monoisotopic (exact) mass is 366 g/mol. The van der Waals surface area contributed by atoms with Crippen LogP contribution in [0.5, 0.6) is 0 Å². The van der Waals surface area contributed by atoms with E-state index in [-0.39, 0.29) is 30.6 Å². The fraction of sp³-hybridized carbons (Fsp3) is 0.938. The van der Waals surface area contributed by atoms with Gasteiger partial charge in [-0.25, -0.2) is 13.1 Å². The summed E-state index contributed by atoms with van der Waals surface area (Å²) in [4.78, 5) is 11.9. The number of sulfonamides is 1. The van der Waals surface area contributed by atoms with E-state index in [2.05, 4.69) is 4.72 Å². The van der Waals surface area contributed by atoms with Crippen LogP contribution in [0.15, 0.2) is 0 Å². The van der Waals surface area contributed by atoms with Gasteiger partial charge in [-0.3, -0.25) is 4.79 Å². The molecule has 0 saturated heterocycles. The predicted molar refractivity (Wildman–Crippen MR) is 95.0 cm³/mol. The van der Waals surface area contributed by atoms with E-state index in [0.29, 0.717) is 6.42 Å². The molecule has 0 amide bonds. The van der Waals surface area contributed by atoms with E-state index in [1.807, 2.05) is 41.5 Å². The van der Waals surface area contributed by atoms with Gasteiger partial charge in [-0.1, -0.05) is 34.6 Å². The first-order valence-corrected chi connectivity index (χ1v) is 10.1. The van der Waals surface area contributed by atoms with Gasteiger partial charge in [0.25, 0.3) is 0 Å². The van der Waals surface area contributed by atoms with Crippen LogP contribution >= 0.6 is 0 Å². The molecule has 0 heterocycles. The Balaban J connectivity index is 4.72. The molecule has 0 aliphatic rings. The van der Waals surface area contributed by atoms with Crippen LogP contribution in [0.3, 0.4) is 0 Å². The van der Waals surface area contributed by atoms with Crippen molar-refractivity contribution >= 4 is 16.0 Å². The number of carbonyl (C=O) groups excluding carboxylic acids is 1. The van der Waals surface area contributed by atoms with Crippen LogP contribution in [0.1, 0.15) is 48.0 Å². The lowest BCUT2D eigenvalue weighted by Gasteiger charge is -2.31. The highest BCUT2D eigenvalue weighted by Gasteiger charge is 2.26. The summed E-state index contributed by atoms with van der Waals surface area (Å²) in [5.41, 5.74) is 5.67. The highest BCUT2D eigenvalue weighted by atomic mass is 32.2. The highest BCUT2D eigenvalue weighted by Crippen LogP contribution is 2.23. The fourth-order valence-electron chi connectivity index (χ4n) is 1.77. The Labute approximate surface area is 146 Å². The molecule has 0 saturated carbocycles. The molecule has 0 unspecified atom stereocenters. The smallest absolute Gasteiger partial charge is 0.323 e. The number of hydrogen-bond acceptors (Lipinski definition) is 6.